The normalized spacial score (nSPS) is 16.1. The van der Waals surface area contributed by atoms with Crippen LogP contribution in [0.15, 0.2) is 10.8 Å². The second-order valence-corrected chi connectivity index (χ2v) is 6.24. The highest BCUT2D eigenvalue weighted by molar-refractivity contribution is 9.10. The standard InChI is InChI=1S/C12H18BrN3O2/c1-12(2,3)18-11(17)16-6-4-5-15-7-9(13)14-10(15)8-16/h7H,4-6,8H2,1-3H3. The minimum absolute atomic E-state index is 0.268. The fourth-order valence-electron chi connectivity index (χ4n) is 1.90. The Balaban J connectivity index is 2.09. The Morgan fingerprint density at radius 2 is 2.17 bits per heavy atom. The van der Waals surface area contributed by atoms with Gasteiger partial charge in [-0.2, -0.15) is 0 Å². The molecule has 1 aromatic heterocycles. The number of nitrogens with zero attached hydrogens (tertiary/aromatic N) is 3. The van der Waals surface area contributed by atoms with E-state index in [9.17, 15) is 4.79 Å². The van der Waals surface area contributed by atoms with E-state index >= 15 is 0 Å². The second kappa shape index (κ2) is 4.91. The molecular formula is C12H18BrN3O2. The van der Waals surface area contributed by atoms with E-state index in [0.29, 0.717) is 13.1 Å². The molecule has 0 atom stereocenters. The highest BCUT2D eigenvalue weighted by Gasteiger charge is 2.25. The number of aryl methyl sites for hydroxylation is 1. The summed E-state index contributed by atoms with van der Waals surface area (Å²) in [5, 5.41) is 0. The highest BCUT2D eigenvalue weighted by atomic mass is 79.9. The van der Waals surface area contributed by atoms with Crippen LogP contribution in [0.1, 0.15) is 33.0 Å². The van der Waals surface area contributed by atoms with Crippen LogP contribution in [0.4, 0.5) is 4.79 Å². The zero-order chi connectivity index (χ0) is 13.3. The summed E-state index contributed by atoms with van der Waals surface area (Å²) in [6.07, 6.45) is 2.60. The van der Waals surface area contributed by atoms with Gasteiger partial charge in [-0.1, -0.05) is 0 Å². The molecule has 1 amide bonds. The van der Waals surface area contributed by atoms with E-state index in [0.717, 1.165) is 23.4 Å². The largest absolute Gasteiger partial charge is 0.444 e. The molecule has 0 saturated carbocycles. The fraction of sp³-hybridized carbons (Fsp3) is 0.667. The molecule has 0 N–H and O–H groups in total. The molecule has 100 valence electrons. The van der Waals surface area contributed by atoms with Gasteiger partial charge in [0, 0.05) is 19.3 Å². The fourth-order valence-corrected chi connectivity index (χ4v) is 2.36. The van der Waals surface area contributed by atoms with Gasteiger partial charge in [-0.05, 0) is 43.1 Å². The first-order valence-corrected chi connectivity index (χ1v) is 6.84. The summed E-state index contributed by atoms with van der Waals surface area (Å²) in [5.41, 5.74) is -0.459. The van der Waals surface area contributed by atoms with Crippen molar-refractivity contribution >= 4 is 22.0 Å². The lowest BCUT2D eigenvalue weighted by Crippen LogP contribution is -2.36. The molecule has 5 nitrogen and oxygen atoms in total. The van der Waals surface area contributed by atoms with E-state index in [2.05, 4.69) is 25.5 Å². The van der Waals surface area contributed by atoms with Crippen LogP contribution < -0.4 is 0 Å². The van der Waals surface area contributed by atoms with Crippen LogP contribution in [0.25, 0.3) is 0 Å². The molecule has 0 unspecified atom stereocenters. The van der Waals surface area contributed by atoms with Crippen LogP contribution in [-0.2, 0) is 17.8 Å². The van der Waals surface area contributed by atoms with Crippen molar-refractivity contribution in [2.24, 2.45) is 0 Å². The van der Waals surface area contributed by atoms with Gasteiger partial charge < -0.3 is 14.2 Å². The lowest BCUT2D eigenvalue weighted by Gasteiger charge is -2.25. The topological polar surface area (TPSA) is 47.4 Å². The number of carbonyl (C=O) groups is 1. The number of hydrogen-bond donors (Lipinski definition) is 0. The van der Waals surface area contributed by atoms with E-state index in [1.165, 1.54) is 0 Å². The summed E-state index contributed by atoms with van der Waals surface area (Å²) in [7, 11) is 0. The smallest absolute Gasteiger partial charge is 0.410 e. The molecule has 18 heavy (non-hydrogen) atoms. The van der Waals surface area contributed by atoms with Crippen LogP contribution in [0.3, 0.4) is 0 Å². The van der Waals surface area contributed by atoms with Gasteiger partial charge in [0.1, 0.15) is 16.0 Å². The van der Waals surface area contributed by atoms with E-state index in [1.54, 1.807) is 4.90 Å². The number of halogens is 1. The van der Waals surface area contributed by atoms with Gasteiger partial charge in [0.15, 0.2) is 0 Å². The quantitative estimate of drug-likeness (QED) is 0.739. The zero-order valence-corrected chi connectivity index (χ0v) is 12.5. The molecule has 0 aliphatic carbocycles. The molecule has 0 spiro atoms. The van der Waals surface area contributed by atoms with Crippen molar-refractivity contribution < 1.29 is 9.53 Å². The van der Waals surface area contributed by atoms with Crippen LogP contribution in [-0.4, -0.2) is 32.7 Å². The number of hydrogen-bond acceptors (Lipinski definition) is 3. The highest BCUT2D eigenvalue weighted by Crippen LogP contribution is 2.18. The number of rotatable bonds is 0. The summed E-state index contributed by atoms with van der Waals surface area (Å²) in [6.45, 7) is 7.71. The van der Waals surface area contributed by atoms with Gasteiger partial charge in [-0.15, -0.1) is 0 Å². The third kappa shape index (κ3) is 3.25. The second-order valence-electron chi connectivity index (χ2n) is 5.43. The molecule has 0 fully saturated rings. The number of aromatic nitrogens is 2. The van der Waals surface area contributed by atoms with Crippen molar-refractivity contribution in [2.45, 2.75) is 45.9 Å². The van der Waals surface area contributed by atoms with Crippen LogP contribution in [0.5, 0.6) is 0 Å². The maximum Gasteiger partial charge on any atom is 0.410 e. The first-order valence-electron chi connectivity index (χ1n) is 6.04. The lowest BCUT2D eigenvalue weighted by atomic mass is 10.2. The molecule has 1 aliphatic heterocycles. The number of amides is 1. The van der Waals surface area contributed by atoms with Gasteiger partial charge in [0.05, 0.1) is 6.54 Å². The van der Waals surface area contributed by atoms with Gasteiger partial charge in [0.2, 0.25) is 0 Å². The predicted molar refractivity (Wildman–Crippen MR) is 71.2 cm³/mol. The Labute approximate surface area is 115 Å². The summed E-state index contributed by atoms with van der Waals surface area (Å²) >= 11 is 3.36. The molecular weight excluding hydrogens is 298 g/mol. The molecule has 0 saturated heterocycles. The molecule has 0 radical (unpaired) electrons. The average molecular weight is 316 g/mol. The predicted octanol–water partition coefficient (Wildman–Crippen LogP) is 2.79. The number of fused-ring (bicyclic) bond motifs is 1. The molecule has 2 rings (SSSR count). The Kier molecular flexibility index (Phi) is 3.66. The van der Waals surface area contributed by atoms with Crippen molar-refractivity contribution in [3.05, 3.63) is 16.6 Å². The van der Waals surface area contributed by atoms with Gasteiger partial charge in [-0.3, -0.25) is 0 Å². The van der Waals surface area contributed by atoms with Crippen molar-refractivity contribution in [3.8, 4) is 0 Å². The first kappa shape index (κ1) is 13.4. The molecule has 6 heteroatoms. The van der Waals surface area contributed by atoms with E-state index in [4.69, 9.17) is 4.74 Å². The molecule has 0 bridgehead atoms. The summed E-state index contributed by atoms with van der Waals surface area (Å²) in [4.78, 5) is 18.1. The van der Waals surface area contributed by atoms with E-state index in [1.807, 2.05) is 27.0 Å². The van der Waals surface area contributed by atoms with Gasteiger partial charge in [-0.25, -0.2) is 9.78 Å². The third-order valence-electron chi connectivity index (χ3n) is 2.64. The SMILES string of the molecule is CC(C)(C)OC(=O)N1CCCn2cc(Br)nc2C1. The van der Waals surface area contributed by atoms with Crippen molar-refractivity contribution in [1.82, 2.24) is 14.5 Å². The maximum absolute atomic E-state index is 12.0. The summed E-state index contributed by atoms with van der Waals surface area (Å²) < 4.78 is 8.28. The van der Waals surface area contributed by atoms with Crippen molar-refractivity contribution in [1.29, 1.82) is 0 Å². The Hall–Kier alpha value is -1.04. The third-order valence-corrected chi connectivity index (χ3v) is 3.02. The minimum Gasteiger partial charge on any atom is -0.444 e. The Morgan fingerprint density at radius 1 is 1.44 bits per heavy atom. The van der Waals surface area contributed by atoms with Crippen molar-refractivity contribution in [2.75, 3.05) is 6.54 Å². The first-order chi connectivity index (χ1) is 8.35. The maximum atomic E-state index is 12.0. The van der Waals surface area contributed by atoms with Gasteiger partial charge >= 0.3 is 6.09 Å². The lowest BCUT2D eigenvalue weighted by molar-refractivity contribution is 0.0234. The van der Waals surface area contributed by atoms with Crippen LogP contribution in [0, 0.1) is 0 Å². The minimum atomic E-state index is -0.459. The Bertz CT molecular complexity index is 451. The molecule has 2 heterocycles. The summed E-state index contributed by atoms with van der Waals surface area (Å²) in [5.74, 6) is 0.894. The zero-order valence-electron chi connectivity index (χ0n) is 10.9. The summed E-state index contributed by atoms with van der Waals surface area (Å²) in [6, 6.07) is 0. The molecule has 1 aliphatic rings. The number of ether oxygens (including phenoxy) is 1. The Morgan fingerprint density at radius 3 is 2.83 bits per heavy atom. The monoisotopic (exact) mass is 315 g/mol. The van der Waals surface area contributed by atoms with Crippen molar-refractivity contribution in [3.63, 3.8) is 0 Å². The number of carbonyl (C=O) groups excluding carboxylic acids is 1. The van der Waals surface area contributed by atoms with E-state index in [-0.39, 0.29) is 6.09 Å². The van der Waals surface area contributed by atoms with Gasteiger partial charge in [0.25, 0.3) is 0 Å². The van der Waals surface area contributed by atoms with Crippen LogP contribution in [0.2, 0.25) is 0 Å². The number of imidazole rings is 1. The average Bonchev–Trinajstić information content (AvgIpc) is 2.43. The van der Waals surface area contributed by atoms with Crippen LogP contribution >= 0.6 is 15.9 Å². The molecule has 1 aromatic rings. The van der Waals surface area contributed by atoms with E-state index < -0.39 is 5.60 Å². The molecule has 0 aromatic carbocycles.